The van der Waals surface area contributed by atoms with Crippen LogP contribution in [0.5, 0.6) is 0 Å². The Morgan fingerprint density at radius 3 is 2.75 bits per heavy atom. The molecule has 0 fully saturated rings. The predicted molar refractivity (Wildman–Crippen MR) is 82.0 cm³/mol. The molecule has 108 valence electrons. The van der Waals surface area contributed by atoms with Crippen molar-refractivity contribution in [2.45, 2.75) is 39.3 Å². The quantitative estimate of drug-likeness (QED) is 0.904. The lowest BCUT2D eigenvalue weighted by Crippen LogP contribution is -2.17. The molecule has 5 heteroatoms. The zero-order chi connectivity index (χ0) is 14.7. The van der Waals surface area contributed by atoms with E-state index in [-0.39, 0.29) is 11.9 Å². The van der Waals surface area contributed by atoms with Crippen molar-refractivity contribution in [1.29, 1.82) is 0 Å². The molecule has 1 aromatic carbocycles. The number of nitrogens with zero attached hydrogens (tertiary/aromatic N) is 2. The maximum atomic E-state index is 13.9. The molecule has 0 aliphatic heterocycles. The summed E-state index contributed by atoms with van der Waals surface area (Å²) < 4.78 is 16.6. The number of hydrogen-bond acceptors (Lipinski definition) is 2. The molecular weight excluding hydrogens is 321 g/mol. The summed E-state index contributed by atoms with van der Waals surface area (Å²) in [5.41, 5.74) is 8.80. The third kappa shape index (κ3) is 3.27. The van der Waals surface area contributed by atoms with Gasteiger partial charge in [0.25, 0.3) is 0 Å². The van der Waals surface area contributed by atoms with Gasteiger partial charge in [-0.05, 0) is 37.6 Å². The Hall–Kier alpha value is -1.20. The molecule has 0 spiro atoms. The van der Waals surface area contributed by atoms with Crippen molar-refractivity contribution in [2.75, 3.05) is 0 Å². The average Bonchev–Trinajstić information content (AvgIpc) is 2.83. The molecule has 20 heavy (non-hydrogen) atoms. The fourth-order valence-electron chi connectivity index (χ4n) is 2.26. The summed E-state index contributed by atoms with van der Waals surface area (Å²) >= 11 is 3.35. The van der Waals surface area contributed by atoms with Crippen molar-refractivity contribution in [1.82, 2.24) is 9.78 Å². The van der Waals surface area contributed by atoms with Gasteiger partial charge in [-0.15, -0.1) is 0 Å². The second kappa shape index (κ2) is 6.50. The van der Waals surface area contributed by atoms with Crippen molar-refractivity contribution in [3.8, 4) is 0 Å². The van der Waals surface area contributed by atoms with Gasteiger partial charge in [0.1, 0.15) is 5.82 Å². The Balaban J connectivity index is 2.24. The van der Waals surface area contributed by atoms with Gasteiger partial charge in [0.05, 0.1) is 5.69 Å². The van der Waals surface area contributed by atoms with E-state index in [1.807, 2.05) is 11.6 Å². The third-order valence-electron chi connectivity index (χ3n) is 3.36. The Kier molecular flexibility index (Phi) is 4.94. The highest BCUT2D eigenvalue weighted by molar-refractivity contribution is 9.10. The highest BCUT2D eigenvalue weighted by atomic mass is 79.9. The monoisotopic (exact) mass is 339 g/mol. The topological polar surface area (TPSA) is 43.8 Å². The molecule has 0 aliphatic rings. The van der Waals surface area contributed by atoms with Crippen LogP contribution >= 0.6 is 15.9 Å². The minimum Gasteiger partial charge on any atom is -0.324 e. The number of rotatable bonds is 5. The molecule has 0 amide bonds. The number of aromatic nitrogens is 2. The van der Waals surface area contributed by atoms with Crippen molar-refractivity contribution in [3.05, 3.63) is 51.5 Å². The number of hydrogen-bond donors (Lipinski definition) is 1. The lowest BCUT2D eigenvalue weighted by molar-refractivity contribution is 0.554. The van der Waals surface area contributed by atoms with E-state index in [0.717, 1.165) is 28.8 Å². The zero-order valence-electron chi connectivity index (χ0n) is 11.7. The van der Waals surface area contributed by atoms with Crippen LogP contribution < -0.4 is 5.73 Å². The fourth-order valence-corrected chi connectivity index (χ4v) is 2.64. The Morgan fingerprint density at radius 2 is 2.10 bits per heavy atom. The highest BCUT2D eigenvalue weighted by Crippen LogP contribution is 2.23. The molecular formula is C15H19BrFN3. The maximum absolute atomic E-state index is 13.9. The number of benzene rings is 1. The van der Waals surface area contributed by atoms with Crippen LogP contribution in [0.1, 0.15) is 36.8 Å². The molecule has 3 nitrogen and oxygen atoms in total. The molecule has 2 N–H and O–H groups in total. The number of nitrogens with two attached hydrogens (primary N) is 1. The first-order chi connectivity index (χ1) is 9.55. The van der Waals surface area contributed by atoms with Gasteiger partial charge in [-0.3, -0.25) is 4.68 Å². The van der Waals surface area contributed by atoms with Crippen LogP contribution in [0.4, 0.5) is 4.39 Å². The lowest BCUT2D eigenvalue weighted by atomic mass is 10.0. The molecule has 1 atom stereocenters. The number of halogens is 2. The molecule has 2 aromatic rings. The molecule has 0 aliphatic carbocycles. The minimum absolute atomic E-state index is 0.265. The molecule has 0 radical (unpaired) electrons. The van der Waals surface area contributed by atoms with Gasteiger partial charge in [0, 0.05) is 34.7 Å². The van der Waals surface area contributed by atoms with Gasteiger partial charge in [0.15, 0.2) is 0 Å². The average molecular weight is 340 g/mol. The second-order valence-corrected chi connectivity index (χ2v) is 5.69. The smallest absolute Gasteiger partial charge is 0.128 e. The van der Waals surface area contributed by atoms with E-state index in [0.29, 0.717) is 12.0 Å². The Labute approximate surface area is 127 Å². The van der Waals surface area contributed by atoms with Gasteiger partial charge in [-0.2, -0.15) is 5.10 Å². The van der Waals surface area contributed by atoms with Gasteiger partial charge >= 0.3 is 0 Å². The lowest BCUT2D eigenvalue weighted by Gasteiger charge is -2.14. The summed E-state index contributed by atoms with van der Waals surface area (Å²) in [6.07, 6.45) is 1.47. The minimum atomic E-state index is -0.376. The molecule has 0 saturated heterocycles. The van der Waals surface area contributed by atoms with Crippen LogP contribution in [0.25, 0.3) is 0 Å². The predicted octanol–water partition coefficient (Wildman–Crippen LogP) is 3.61. The summed E-state index contributed by atoms with van der Waals surface area (Å²) in [6.45, 7) is 4.91. The largest absolute Gasteiger partial charge is 0.324 e. The maximum Gasteiger partial charge on any atom is 0.128 e. The van der Waals surface area contributed by atoms with Crippen LogP contribution in [0.2, 0.25) is 0 Å². The summed E-state index contributed by atoms with van der Waals surface area (Å²) in [5.74, 6) is -0.265. The van der Waals surface area contributed by atoms with E-state index in [2.05, 4.69) is 34.0 Å². The van der Waals surface area contributed by atoms with E-state index in [1.165, 1.54) is 6.07 Å². The van der Waals surface area contributed by atoms with E-state index >= 15 is 0 Å². The highest BCUT2D eigenvalue weighted by Gasteiger charge is 2.15. The van der Waals surface area contributed by atoms with Gasteiger partial charge in [0.2, 0.25) is 0 Å². The van der Waals surface area contributed by atoms with Crippen molar-refractivity contribution < 1.29 is 4.39 Å². The summed E-state index contributed by atoms with van der Waals surface area (Å²) in [6, 6.07) is 6.54. The van der Waals surface area contributed by atoms with E-state index in [1.54, 1.807) is 12.1 Å². The standard InChI is InChI=1S/C15H19BrFN3/c1-3-11-8-12(20(4-2)19-11)9-15(18)13-7-10(16)5-6-14(13)17/h5-8,15H,3-4,9,18H2,1-2H3. The van der Waals surface area contributed by atoms with Crippen molar-refractivity contribution in [3.63, 3.8) is 0 Å². The molecule has 1 heterocycles. The van der Waals surface area contributed by atoms with Crippen molar-refractivity contribution >= 4 is 15.9 Å². The summed E-state index contributed by atoms with van der Waals surface area (Å²) in [5, 5.41) is 4.49. The first-order valence-electron chi connectivity index (χ1n) is 6.81. The molecule has 1 aromatic heterocycles. The van der Waals surface area contributed by atoms with Crippen LogP contribution in [0.15, 0.2) is 28.7 Å². The first kappa shape index (κ1) is 15.2. The van der Waals surface area contributed by atoms with Gasteiger partial charge in [-0.1, -0.05) is 22.9 Å². The van der Waals surface area contributed by atoms with E-state index in [4.69, 9.17) is 5.73 Å². The van der Waals surface area contributed by atoms with Crippen LogP contribution in [-0.4, -0.2) is 9.78 Å². The van der Waals surface area contributed by atoms with Crippen molar-refractivity contribution in [2.24, 2.45) is 5.73 Å². The molecule has 2 rings (SSSR count). The summed E-state index contributed by atoms with van der Waals surface area (Å²) in [4.78, 5) is 0. The van der Waals surface area contributed by atoms with Crippen LogP contribution in [0.3, 0.4) is 0 Å². The second-order valence-electron chi connectivity index (χ2n) is 4.77. The number of aryl methyl sites for hydroxylation is 2. The van der Waals surface area contributed by atoms with Crippen LogP contribution in [0, 0.1) is 5.82 Å². The normalized spacial score (nSPS) is 12.7. The molecule has 0 bridgehead atoms. The molecule has 1 unspecified atom stereocenters. The fraction of sp³-hybridized carbons (Fsp3) is 0.400. The summed E-state index contributed by atoms with van der Waals surface area (Å²) in [7, 11) is 0. The molecule has 0 saturated carbocycles. The SMILES string of the molecule is CCc1cc(CC(N)c2cc(Br)ccc2F)n(CC)n1. The zero-order valence-corrected chi connectivity index (χ0v) is 13.3. The Bertz CT molecular complexity index is 595. The van der Waals surface area contributed by atoms with E-state index in [9.17, 15) is 4.39 Å². The van der Waals surface area contributed by atoms with E-state index < -0.39 is 0 Å². The van der Waals surface area contributed by atoms with Crippen LogP contribution in [-0.2, 0) is 19.4 Å². The third-order valence-corrected chi connectivity index (χ3v) is 3.86. The van der Waals surface area contributed by atoms with Gasteiger partial charge < -0.3 is 5.73 Å². The van der Waals surface area contributed by atoms with Gasteiger partial charge in [-0.25, -0.2) is 4.39 Å². The first-order valence-corrected chi connectivity index (χ1v) is 7.60. The Morgan fingerprint density at radius 1 is 1.35 bits per heavy atom.